The van der Waals surface area contributed by atoms with Crippen LogP contribution in [0.5, 0.6) is 11.5 Å². The van der Waals surface area contributed by atoms with Crippen LogP contribution in [0, 0.1) is 21.7 Å². The van der Waals surface area contributed by atoms with Crippen molar-refractivity contribution >= 4 is 23.1 Å². The normalized spacial score (nSPS) is 10.2. The Labute approximate surface area is 157 Å². The standard InChI is InChI=1S/C19H13F2N3O4/c20-12-5-10-15(21)17(11-12)23-19(25)22-16-3-1-2-4-18(16)28-14-8-6-13(7-9-14)24(26)27/h1-11H,(H2,22,23,25). The van der Waals surface area contributed by atoms with Gasteiger partial charge in [-0.25, -0.2) is 13.6 Å². The first-order chi connectivity index (χ1) is 13.4. The van der Waals surface area contributed by atoms with E-state index < -0.39 is 22.6 Å². The molecule has 2 amide bonds. The molecule has 0 aromatic heterocycles. The maximum absolute atomic E-state index is 13.6. The maximum Gasteiger partial charge on any atom is 0.323 e. The molecule has 0 spiro atoms. The maximum atomic E-state index is 13.6. The van der Waals surface area contributed by atoms with Crippen molar-refractivity contribution in [1.82, 2.24) is 0 Å². The minimum absolute atomic E-state index is 0.0877. The average Bonchev–Trinajstić information content (AvgIpc) is 2.67. The second kappa shape index (κ2) is 8.12. The number of nitrogens with one attached hydrogen (secondary N) is 2. The summed E-state index contributed by atoms with van der Waals surface area (Å²) >= 11 is 0. The molecule has 0 radical (unpaired) electrons. The number of carbonyl (C=O) groups excluding carboxylic acids is 1. The number of non-ortho nitro benzene ring substituents is 1. The van der Waals surface area contributed by atoms with Gasteiger partial charge in [0.1, 0.15) is 17.4 Å². The molecule has 0 unspecified atom stereocenters. The molecule has 2 N–H and O–H groups in total. The van der Waals surface area contributed by atoms with Crippen LogP contribution < -0.4 is 15.4 Å². The smallest absolute Gasteiger partial charge is 0.323 e. The number of para-hydroxylation sites is 2. The van der Waals surface area contributed by atoms with Gasteiger partial charge in [-0.1, -0.05) is 12.1 Å². The number of hydrogen-bond donors (Lipinski definition) is 2. The van der Waals surface area contributed by atoms with Crippen molar-refractivity contribution in [2.75, 3.05) is 10.6 Å². The highest BCUT2D eigenvalue weighted by Gasteiger charge is 2.12. The van der Waals surface area contributed by atoms with E-state index in [1.165, 1.54) is 24.3 Å². The van der Waals surface area contributed by atoms with Gasteiger partial charge in [-0.15, -0.1) is 0 Å². The van der Waals surface area contributed by atoms with Gasteiger partial charge >= 0.3 is 6.03 Å². The molecule has 0 bridgehead atoms. The van der Waals surface area contributed by atoms with Gasteiger partial charge < -0.3 is 15.4 Å². The Morgan fingerprint density at radius 2 is 1.61 bits per heavy atom. The Morgan fingerprint density at radius 3 is 2.32 bits per heavy atom. The number of anilines is 2. The summed E-state index contributed by atoms with van der Waals surface area (Å²) in [4.78, 5) is 22.3. The van der Waals surface area contributed by atoms with Gasteiger partial charge in [-0.05, 0) is 36.4 Å². The zero-order chi connectivity index (χ0) is 20.1. The van der Waals surface area contributed by atoms with Crippen molar-refractivity contribution in [3.05, 3.63) is 88.5 Å². The van der Waals surface area contributed by atoms with Gasteiger partial charge in [0, 0.05) is 18.2 Å². The monoisotopic (exact) mass is 385 g/mol. The first kappa shape index (κ1) is 18.8. The Hall–Kier alpha value is -4.01. The number of hydrogen-bond acceptors (Lipinski definition) is 4. The zero-order valence-electron chi connectivity index (χ0n) is 14.2. The van der Waals surface area contributed by atoms with Crippen LogP contribution in [0.4, 0.5) is 30.6 Å². The Bertz CT molecular complexity index is 1030. The van der Waals surface area contributed by atoms with E-state index in [2.05, 4.69) is 10.6 Å². The average molecular weight is 385 g/mol. The van der Waals surface area contributed by atoms with Crippen molar-refractivity contribution in [2.24, 2.45) is 0 Å². The highest BCUT2D eigenvalue weighted by molar-refractivity contribution is 6.00. The van der Waals surface area contributed by atoms with Crippen molar-refractivity contribution < 1.29 is 23.2 Å². The summed E-state index contributed by atoms with van der Waals surface area (Å²) in [5, 5.41) is 15.4. The number of amides is 2. The van der Waals surface area contributed by atoms with E-state index in [9.17, 15) is 23.7 Å². The molecule has 3 rings (SSSR count). The van der Waals surface area contributed by atoms with Crippen LogP contribution in [0.2, 0.25) is 0 Å². The van der Waals surface area contributed by atoms with E-state index in [-0.39, 0.29) is 22.8 Å². The molecule has 142 valence electrons. The summed E-state index contributed by atoms with van der Waals surface area (Å²) in [6.07, 6.45) is 0. The third-order valence-electron chi connectivity index (χ3n) is 3.59. The first-order valence-electron chi connectivity index (χ1n) is 7.97. The molecule has 3 aromatic carbocycles. The lowest BCUT2D eigenvalue weighted by molar-refractivity contribution is -0.384. The molecular formula is C19H13F2N3O4. The lowest BCUT2D eigenvalue weighted by atomic mass is 10.2. The molecule has 0 saturated heterocycles. The molecule has 0 aliphatic rings. The molecule has 0 atom stereocenters. The lowest BCUT2D eigenvalue weighted by Crippen LogP contribution is -2.20. The number of benzene rings is 3. The molecule has 7 nitrogen and oxygen atoms in total. The Balaban J connectivity index is 1.73. The first-order valence-corrected chi connectivity index (χ1v) is 7.97. The number of nitro benzene ring substituents is 1. The second-order valence-electron chi connectivity index (χ2n) is 5.55. The van der Waals surface area contributed by atoms with Crippen molar-refractivity contribution in [3.63, 3.8) is 0 Å². The number of carbonyl (C=O) groups is 1. The van der Waals surface area contributed by atoms with Gasteiger partial charge in [0.25, 0.3) is 5.69 Å². The summed E-state index contributed by atoms with van der Waals surface area (Å²) in [5.74, 6) is -0.909. The summed E-state index contributed by atoms with van der Waals surface area (Å²) in [6.45, 7) is 0. The lowest BCUT2D eigenvalue weighted by Gasteiger charge is -2.13. The summed E-state index contributed by atoms with van der Waals surface area (Å²) in [5.41, 5.74) is -0.142. The van der Waals surface area contributed by atoms with Gasteiger partial charge in [0.2, 0.25) is 0 Å². The topological polar surface area (TPSA) is 93.5 Å². The van der Waals surface area contributed by atoms with E-state index in [4.69, 9.17) is 4.74 Å². The van der Waals surface area contributed by atoms with Gasteiger partial charge in [-0.2, -0.15) is 0 Å². The number of nitro groups is 1. The molecule has 9 heteroatoms. The van der Waals surface area contributed by atoms with E-state index in [0.29, 0.717) is 5.75 Å². The fourth-order valence-electron chi connectivity index (χ4n) is 2.29. The third-order valence-corrected chi connectivity index (χ3v) is 3.59. The molecule has 0 fully saturated rings. The van der Waals surface area contributed by atoms with Crippen molar-refractivity contribution in [3.8, 4) is 11.5 Å². The summed E-state index contributed by atoms with van der Waals surface area (Å²) < 4.78 is 32.5. The SMILES string of the molecule is O=C(Nc1cc(F)ccc1F)Nc1ccccc1Oc1ccc([N+](=O)[O-])cc1. The molecule has 0 aliphatic heterocycles. The van der Waals surface area contributed by atoms with Crippen molar-refractivity contribution in [1.29, 1.82) is 0 Å². The molecule has 0 aliphatic carbocycles. The predicted molar refractivity (Wildman–Crippen MR) is 98.6 cm³/mol. The van der Waals surface area contributed by atoms with Gasteiger partial charge in [0.15, 0.2) is 5.75 Å². The number of rotatable bonds is 5. The van der Waals surface area contributed by atoms with Crippen LogP contribution in [-0.4, -0.2) is 11.0 Å². The van der Waals surface area contributed by atoms with E-state index in [0.717, 1.165) is 18.2 Å². The predicted octanol–water partition coefficient (Wildman–Crippen LogP) is 5.31. The highest BCUT2D eigenvalue weighted by atomic mass is 19.1. The van der Waals surface area contributed by atoms with E-state index in [1.807, 2.05) is 0 Å². The molecule has 28 heavy (non-hydrogen) atoms. The van der Waals surface area contributed by atoms with Gasteiger partial charge in [0.05, 0.1) is 16.3 Å². The summed E-state index contributed by atoms with van der Waals surface area (Å²) in [6, 6.07) is 13.7. The molecule has 0 heterocycles. The number of nitrogens with zero attached hydrogens (tertiary/aromatic N) is 1. The number of ether oxygens (including phenoxy) is 1. The molecular weight excluding hydrogens is 372 g/mol. The van der Waals surface area contributed by atoms with Crippen LogP contribution in [0.25, 0.3) is 0 Å². The molecule has 0 saturated carbocycles. The number of urea groups is 1. The summed E-state index contributed by atoms with van der Waals surface area (Å²) in [7, 11) is 0. The third kappa shape index (κ3) is 4.58. The van der Waals surface area contributed by atoms with Crippen LogP contribution in [0.3, 0.4) is 0 Å². The van der Waals surface area contributed by atoms with Crippen LogP contribution >= 0.6 is 0 Å². The Kier molecular flexibility index (Phi) is 5.45. The minimum atomic E-state index is -0.802. The fraction of sp³-hybridized carbons (Fsp3) is 0. The highest BCUT2D eigenvalue weighted by Crippen LogP contribution is 2.30. The second-order valence-corrected chi connectivity index (χ2v) is 5.55. The van der Waals surface area contributed by atoms with Crippen LogP contribution in [-0.2, 0) is 0 Å². The van der Waals surface area contributed by atoms with Crippen LogP contribution in [0.15, 0.2) is 66.7 Å². The minimum Gasteiger partial charge on any atom is -0.455 e. The Morgan fingerprint density at radius 1 is 0.929 bits per heavy atom. The van der Waals surface area contributed by atoms with Gasteiger partial charge in [-0.3, -0.25) is 10.1 Å². The molecule has 3 aromatic rings. The quantitative estimate of drug-likeness (QED) is 0.460. The van der Waals surface area contributed by atoms with E-state index in [1.54, 1.807) is 24.3 Å². The van der Waals surface area contributed by atoms with Crippen molar-refractivity contribution in [2.45, 2.75) is 0 Å². The van der Waals surface area contributed by atoms with Crippen LogP contribution in [0.1, 0.15) is 0 Å². The zero-order valence-corrected chi connectivity index (χ0v) is 14.2. The number of halogens is 2. The fourth-order valence-corrected chi connectivity index (χ4v) is 2.29. The largest absolute Gasteiger partial charge is 0.455 e. The van der Waals surface area contributed by atoms with E-state index >= 15 is 0 Å².